The quantitative estimate of drug-likeness (QED) is 0.643. The normalized spacial score (nSPS) is 30.2. The van der Waals surface area contributed by atoms with Crippen molar-refractivity contribution in [3.05, 3.63) is 0 Å². The number of rotatable bonds is 2. The molecule has 0 spiro atoms. The van der Waals surface area contributed by atoms with Crippen LogP contribution >= 0.6 is 12.2 Å². The highest BCUT2D eigenvalue weighted by molar-refractivity contribution is 7.80. The van der Waals surface area contributed by atoms with Crippen molar-refractivity contribution >= 4 is 17.1 Å². The Morgan fingerprint density at radius 2 is 2.09 bits per heavy atom. The van der Waals surface area contributed by atoms with Crippen LogP contribution in [-0.4, -0.2) is 16.6 Å². The summed E-state index contributed by atoms with van der Waals surface area (Å²) < 4.78 is 0. The molecule has 1 aliphatic carbocycles. The largest absolute Gasteiger partial charge is 0.396 e. The first-order valence-electron chi connectivity index (χ1n) is 4.12. The molecule has 0 aromatic heterocycles. The van der Waals surface area contributed by atoms with Crippen LogP contribution < -0.4 is 0 Å². The molecule has 2 unspecified atom stereocenters. The number of hydrogen-bond acceptors (Lipinski definition) is 2. The molecule has 1 aliphatic rings. The van der Waals surface area contributed by atoms with E-state index in [1.807, 2.05) is 0 Å². The first kappa shape index (κ1) is 9.14. The third kappa shape index (κ3) is 2.00. The fourth-order valence-electron chi connectivity index (χ4n) is 1.33. The molecule has 0 aliphatic heterocycles. The molecule has 0 amide bonds. The Morgan fingerprint density at radius 1 is 1.55 bits per heavy atom. The zero-order chi connectivity index (χ0) is 8.65. The molecule has 2 heteroatoms. The molecule has 64 valence electrons. The molecule has 0 radical (unpaired) electrons. The van der Waals surface area contributed by atoms with Gasteiger partial charge >= 0.3 is 0 Å². The molecular formula is C9H16OS. The van der Waals surface area contributed by atoms with Crippen molar-refractivity contribution in [2.75, 3.05) is 6.61 Å². The van der Waals surface area contributed by atoms with Crippen LogP contribution in [0, 0.1) is 17.3 Å². The summed E-state index contributed by atoms with van der Waals surface area (Å²) in [7, 11) is 0. The second-order valence-electron chi connectivity index (χ2n) is 4.40. The van der Waals surface area contributed by atoms with E-state index in [1.165, 1.54) is 0 Å². The lowest BCUT2D eigenvalue weighted by Gasteiger charge is -2.19. The summed E-state index contributed by atoms with van der Waals surface area (Å²) in [6.45, 7) is 6.73. The smallest absolute Gasteiger partial charge is 0.0465 e. The number of aliphatic hydroxyl groups is 1. The lowest BCUT2D eigenvalue weighted by molar-refractivity contribution is 0.273. The van der Waals surface area contributed by atoms with Crippen LogP contribution in [0.15, 0.2) is 0 Å². The van der Waals surface area contributed by atoms with Crippen LogP contribution in [0.4, 0.5) is 0 Å². The van der Waals surface area contributed by atoms with Crippen LogP contribution in [0.2, 0.25) is 0 Å². The van der Waals surface area contributed by atoms with Gasteiger partial charge < -0.3 is 5.11 Å². The van der Waals surface area contributed by atoms with Crippen molar-refractivity contribution in [3.8, 4) is 0 Å². The third-order valence-electron chi connectivity index (χ3n) is 2.23. The number of thiocarbonyl (C=S) groups is 1. The number of aliphatic hydroxyl groups excluding tert-OH is 1. The van der Waals surface area contributed by atoms with Gasteiger partial charge in [-0.15, -0.1) is 0 Å². The monoisotopic (exact) mass is 172 g/mol. The van der Waals surface area contributed by atoms with E-state index in [-0.39, 0.29) is 5.41 Å². The molecule has 11 heavy (non-hydrogen) atoms. The molecule has 0 bridgehead atoms. The first-order chi connectivity index (χ1) is 4.96. The minimum Gasteiger partial charge on any atom is -0.396 e. The predicted octanol–water partition coefficient (Wildman–Crippen LogP) is 2.03. The Hall–Kier alpha value is 0.0500. The van der Waals surface area contributed by atoms with E-state index in [2.05, 4.69) is 20.8 Å². The highest BCUT2D eigenvalue weighted by atomic mass is 32.1. The summed E-state index contributed by atoms with van der Waals surface area (Å²) in [5.41, 5.74) is 0.143. The second kappa shape index (κ2) is 2.83. The Kier molecular flexibility index (Phi) is 2.35. The molecule has 1 saturated carbocycles. The van der Waals surface area contributed by atoms with Crippen LogP contribution in [0.3, 0.4) is 0 Å². The molecule has 1 rings (SSSR count). The van der Waals surface area contributed by atoms with Gasteiger partial charge in [-0.05, 0) is 23.7 Å². The summed E-state index contributed by atoms with van der Waals surface area (Å²) in [5.74, 6) is 0.997. The maximum absolute atomic E-state index is 8.83. The summed E-state index contributed by atoms with van der Waals surface area (Å²) in [5, 5.41) is 8.83. The van der Waals surface area contributed by atoms with E-state index in [1.54, 1.807) is 0 Å². The Labute approximate surface area is 73.8 Å². The van der Waals surface area contributed by atoms with Crippen molar-refractivity contribution in [2.45, 2.75) is 27.2 Å². The van der Waals surface area contributed by atoms with Crippen molar-refractivity contribution in [1.82, 2.24) is 0 Å². The summed E-state index contributed by atoms with van der Waals surface area (Å²) >= 11 is 5.31. The predicted molar refractivity (Wildman–Crippen MR) is 50.7 cm³/mol. The van der Waals surface area contributed by atoms with E-state index >= 15 is 0 Å². The van der Waals surface area contributed by atoms with Gasteiger partial charge in [0.1, 0.15) is 0 Å². The average Bonchev–Trinajstić information content (AvgIpc) is 2.62. The standard InChI is InChI=1S/C9H16OS/c1-9(2,3)8(11)7-4-6(7)5-10/h6-7,10H,4-5H2,1-3H3. The van der Waals surface area contributed by atoms with Crippen LogP contribution in [0.5, 0.6) is 0 Å². The SMILES string of the molecule is CC(C)(C)C(=S)C1CC1CO. The maximum atomic E-state index is 8.83. The van der Waals surface area contributed by atoms with Crippen LogP contribution in [0.1, 0.15) is 27.2 Å². The van der Waals surface area contributed by atoms with Gasteiger partial charge in [0.05, 0.1) is 0 Å². The topological polar surface area (TPSA) is 20.2 Å². The van der Waals surface area contributed by atoms with Gasteiger partial charge in [0.15, 0.2) is 0 Å². The zero-order valence-electron chi connectivity index (χ0n) is 7.42. The van der Waals surface area contributed by atoms with E-state index < -0.39 is 0 Å². The minimum atomic E-state index is 0.143. The van der Waals surface area contributed by atoms with E-state index in [4.69, 9.17) is 17.3 Å². The average molecular weight is 172 g/mol. The van der Waals surface area contributed by atoms with Gasteiger partial charge in [0, 0.05) is 11.5 Å². The lowest BCUT2D eigenvalue weighted by atomic mass is 9.89. The summed E-state index contributed by atoms with van der Waals surface area (Å²) in [6.07, 6.45) is 1.10. The van der Waals surface area contributed by atoms with Gasteiger partial charge in [-0.2, -0.15) is 0 Å². The van der Waals surface area contributed by atoms with Crippen molar-refractivity contribution in [3.63, 3.8) is 0 Å². The molecule has 0 aromatic rings. The van der Waals surface area contributed by atoms with E-state index in [9.17, 15) is 0 Å². The second-order valence-corrected chi connectivity index (χ2v) is 4.84. The molecule has 0 aromatic carbocycles. The van der Waals surface area contributed by atoms with Gasteiger partial charge in [0.2, 0.25) is 0 Å². The molecule has 0 heterocycles. The van der Waals surface area contributed by atoms with Crippen LogP contribution in [-0.2, 0) is 0 Å². The van der Waals surface area contributed by atoms with Crippen molar-refractivity contribution < 1.29 is 5.11 Å². The van der Waals surface area contributed by atoms with Crippen molar-refractivity contribution in [1.29, 1.82) is 0 Å². The number of hydrogen-bond donors (Lipinski definition) is 1. The Morgan fingerprint density at radius 3 is 2.36 bits per heavy atom. The maximum Gasteiger partial charge on any atom is 0.0465 e. The van der Waals surface area contributed by atoms with Crippen LogP contribution in [0.25, 0.3) is 0 Å². The highest BCUT2D eigenvalue weighted by Crippen LogP contribution is 2.43. The fourth-order valence-corrected chi connectivity index (χ4v) is 1.62. The molecule has 2 atom stereocenters. The molecule has 1 N–H and O–H groups in total. The fraction of sp³-hybridized carbons (Fsp3) is 0.889. The third-order valence-corrected chi connectivity index (χ3v) is 3.15. The van der Waals surface area contributed by atoms with E-state index in [0.29, 0.717) is 18.4 Å². The first-order valence-corrected chi connectivity index (χ1v) is 4.53. The Balaban J connectivity index is 2.46. The summed E-state index contributed by atoms with van der Waals surface area (Å²) in [6, 6.07) is 0. The Bertz CT molecular complexity index is 169. The van der Waals surface area contributed by atoms with Gasteiger partial charge in [-0.3, -0.25) is 0 Å². The zero-order valence-corrected chi connectivity index (χ0v) is 8.24. The molecule has 1 fully saturated rings. The van der Waals surface area contributed by atoms with Gasteiger partial charge in [-0.25, -0.2) is 0 Å². The van der Waals surface area contributed by atoms with Gasteiger partial charge in [0.25, 0.3) is 0 Å². The van der Waals surface area contributed by atoms with E-state index in [0.717, 1.165) is 11.3 Å². The lowest BCUT2D eigenvalue weighted by Crippen LogP contribution is -2.20. The molecule has 0 saturated heterocycles. The molecule has 1 nitrogen and oxygen atoms in total. The highest BCUT2D eigenvalue weighted by Gasteiger charge is 2.42. The minimum absolute atomic E-state index is 0.143. The summed E-state index contributed by atoms with van der Waals surface area (Å²) in [4.78, 5) is 1.14. The van der Waals surface area contributed by atoms with Crippen molar-refractivity contribution in [2.24, 2.45) is 17.3 Å². The molecular weight excluding hydrogens is 156 g/mol. The van der Waals surface area contributed by atoms with Gasteiger partial charge in [-0.1, -0.05) is 33.0 Å².